The minimum atomic E-state index is -0.406. The van der Waals surface area contributed by atoms with Gasteiger partial charge >= 0.3 is 5.97 Å². The zero-order valence-corrected chi connectivity index (χ0v) is 15.3. The van der Waals surface area contributed by atoms with Crippen LogP contribution in [0.25, 0.3) is 6.08 Å². The molecule has 0 saturated heterocycles. The molecule has 0 unspecified atom stereocenters. The summed E-state index contributed by atoms with van der Waals surface area (Å²) in [7, 11) is 0. The Labute approximate surface area is 150 Å². The van der Waals surface area contributed by atoms with Gasteiger partial charge in [-0.1, -0.05) is 24.8 Å². The molecule has 0 amide bonds. The van der Waals surface area contributed by atoms with Gasteiger partial charge in [-0.15, -0.1) is 0 Å². The molecule has 0 aliphatic heterocycles. The average molecular weight is 506 g/mol. The van der Waals surface area contributed by atoms with E-state index in [1.54, 1.807) is 24.3 Å². The van der Waals surface area contributed by atoms with Crippen molar-refractivity contribution in [3.8, 4) is 5.75 Å². The van der Waals surface area contributed by atoms with Crippen LogP contribution in [-0.2, 0) is 6.61 Å². The number of ether oxygens (including phenoxy) is 1. The summed E-state index contributed by atoms with van der Waals surface area (Å²) in [4.78, 5) is 12.1. The van der Waals surface area contributed by atoms with E-state index in [-0.39, 0.29) is 6.61 Å². The van der Waals surface area contributed by atoms with Crippen molar-refractivity contribution in [2.24, 2.45) is 0 Å². The van der Waals surface area contributed by atoms with Gasteiger partial charge in [0.05, 0.1) is 15.7 Å². The first-order valence-corrected chi connectivity index (χ1v) is 8.24. The van der Waals surface area contributed by atoms with Gasteiger partial charge in [-0.3, -0.25) is 0 Å². The fourth-order valence-corrected chi connectivity index (χ4v) is 2.93. The molecule has 5 heteroatoms. The lowest BCUT2D eigenvalue weighted by Gasteiger charge is -2.09. The topological polar surface area (TPSA) is 46.5 Å². The van der Waals surface area contributed by atoms with Gasteiger partial charge in [-0.05, 0) is 80.6 Å². The van der Waals surface area contributed by atoms with Crippen molar-refractivity contribution in [3.63, 3.8) is 0 Å². The van der Waals surface area contributed by atoms with Crippen molar-refractivity contribution in [1.82, 2.24) is 0 Å². The molecular weight excluding hydrogens is 494 g/mol. The van der Waals surface area contributed by atoms with Gasteiger partial charge in [0.2, 0.25) is 0 Å². The van der Waals surface area contributed by atoms with Crippen LogP contribution in [0.3, 0.4) is 0 Å². The maximum atomic E-state index is 12.1. The average Bonchev–Trinajstić information content (AvgIpc) is 2.50. The molecule has 108 valence electrons. The molecular formula is C16H12I2O3. The fraction of sp³-hybridized carbons (Fsp3) is 0.0625. The Morgan fingerprint density at radius 2 is 1.86 bits per heavy atom. The zero-order chi connectivity index (χ0) is 15.4. The Balaban J connectivity index is 2.22. The summed E-state index contributed by atoms with van der Waals surface area (Å²) in [6.45, 7) is 3.64. The first-order valence-electron chi connectivity index (χ1n) is 6.08. The highest BCUT2D eigenvalue weighted by molar-refractivity contribution is 14.1. The second-order valence-electron chi connectivity index (χ2n) is 4.25. The summed E-state index contributed by atoms with van der Waals surface area (Å²) in [6, 6.07) is 10.6. The van der Waals surface area contributed by atoms with Crippen LogP contribution in [0.1, 0.15) is 21.5 Å². The Kier molecular flexibility index (Phi) is 5.77. The second-order valence-corrected chi connectivity index (χ2v) is 6.57. The van der Waals surface area contributed by atoms with Crippen molar-refractivity contribution in [2.75, 3.05) is 0 Å². The summed E-state index contributed by atoms with van der Waals surface area (Å²) < 4.78 is 7.07. The van der Waals surface area contributed by atoms with Crippen molar-refractivity contribution in [3.05, 3.63) is 66.8 Å². The monoisotopic (exact) mass is 506 g/mol. The third-order valence-corrected chi connectivity index (χ3v) is 4.70. The third-order valence-electron chi connectivity index (χ3n) is 2.86. The van der Waals surface area contributed by atoms with E-state index in [0.717, 1.165) is 18.3 Å². The van der Waals surface area contributed by atoms with Crippen LogP contribution in [0.5, 0.6) is 5.75 Å². The number of esters is 1. The maximum absolute atomic E-state index is 12.1. The fourth-order valence-electron chi connectivity index (χ4n) is 1.68. The smallest absolute Gasteiger partial charge is 0.343 e. The minimum absolute atomic E-state index is 0.0362. The summed E-state index contributed by atoms with van der Waals surface area (Å²) in [5.74, 6) is 0.0890. The van der Waals surface area contributed by atoms with Crippen LogP contribution in [0.4, 0.5) is 0 Å². The number of hydrogen-bond acceptors (Lipinski definition) is 3. The Hall–Kier alpha value is -0.930. The van der Waals surface area contributed by atoms with Gasteiger partial charge in [0.1, 0.15) is 5.75 Å². The van der Waals surface area contributed by atoms with Crippen LogP contribution in [-0.4, -0.2) is 11.1 Å². The Bertz CT molecular complexity index is 679. The van der Waals surface area contributed by atoms with Crippen molar-refractivity contribution in [2.45, 2.75) is 6.61 Å². The van der Waals surface area contributed by atoms with Crippen molar-refractivity contribution >= 4 is 57.2 Å². The number of aliphatic hydroxyl groups excluding tert-OH is 1. The van der Waals surface area contributed by atoms with E-state index in [9.17, 15) is 9.90 Å². The molecule has 0 atom stereocenters. The minimum Gasteiger partial charge on any atom is -0.422 e. The van der Waals surface area contributed by atoms with E-state index in [1.165, 1.54) is 0 Å². The molecule has 2 rings (SSSR count). The lowest BCUT2D eigenvalue weighted by Crippen LogP contribution is -2.10. The van der Waals surface area contributed by atoms with E-state index in [2.05, 4.69) is 51.8 Å². The SMILES string of the molecule is C=Cc1ccc(C(=O)Oc2cc(I)c(CO)cc2I)cc1. The van der Waals surface area contributed by atoms with Gasteiger partial charge in [0, 0.05) is 3.57 Å². The molecule has 0 fully saturated rings. The van der Waals surface area contributed by atoms with E-state index >= 15 is 0 Å². The molecule has 0 aliphatic rings. The van der Waals surface area contributed by atoms with Gasteiger partial charge in [0.25, 0.3) is 0 Å². The molecule has 0 heterocycles. The third kappa shape index (κ3) is 4.04. The van der Waals surface area contributed by atoms with E-state index in [4.69, 9.17) is 4.74 Å². The van der Waals surface area contributed by atoms with Crippen LogP contribution < -0.4 is 4.74 Å². The molecule has 0 aliphatic carbocycles. The molecule has 1 N–H and O–H groups in total. The van der Waals surface area contributed by atoms with E-state index in [0.29, 0.717) is 11.3 Å². The maximum Gasteiger partial charge on any atom is 0.343 e. The molecule has 21 heavy (non-hydrogen) atoms. The predicted molar refractivity (Wildman–Crippen MR) is 99.3 cm³/mol. The van der Waals surface area contributed by atoms with E-state index in [1.807, 2.05) is 18.2 Å². The van der Waals surface area contributed by atoms with Crippen LogP contribution in [0.2, 0.25) is 0 Å². The summed E-state index contributed by atoms with van der Waals surface area (Å²) in [5, 5.41) is 9.22. The second kappa shape index (κ2) is 7.37. The zero-order valence-electron chi connectivity index (χ0n) is 11.0. The lowest BCUT2D eigenvalue weighted by atomic mass is 10.1. The highest BCUT2D eigenvalue weighted by Crippen LogP contribution is 2.27. The number of carbonyl (C=O) groups excluding carboxylic acids is 1. The van der Waals surface area contributed by atoms with Gasteiger partial charge < -0.3 is 9.84 Å². The summed E-state index contributed by atoms with van der Waals surface area (Å²) in [5.41, 5.74) is 2.25. The van der Waals surface area contributed by atoms with Crippen molar-refractivity contribution < 1.29 is 14.6 Å². The Morgan fingerprint density at radius 3 is 2.43 bits per heavy atom. The van der Waals surface area contributed by atoms with Crippen molar-refractivity contribution in [1.29, 1.82) is 0 Å². The number of hydrogen-bond donors (Lipinski definition) is 1. The normalized spacial score (nSPS) is 10.2. The van der Waals surface area contributed by atoms with Crippen LogP contribution >= 0.6 is 45.2 Å². The van der Waals surface area contributed by atoms with Crippen LogP contribution in [0.15, 0.2) is 43.0 Å². The number of aliphatic hydroxyl groups is 1. The summed E-state index contributed by atoms with van der Waals surface area (Å²) in [6.07, 6.45) is 1.72. The highest BCUT2D eigenvalue weighted by Gasteiger charge is 2.13. The Morgan fingerprint density at radius 1 is 1.19 bits per heavy atom. The largest absolute Gasteiger partial charge is 0.422 e. The highest BCUT2D eigenvalue weighted by atomic mass is 127. The van der Waals surface area contributed by atoms with Gasteiger partial charge in [-0.25, -0.2) is 4.79 Å². The number of carbonyl (C=O) groups is 1. The van der Waals surface area contributed by atoms with Gasteiger partial charge in [-0.2, -0.15) is 0 Å². The number of halogens is 2. The summed E-state index contributed by atoms with van der Waals surface area (Å²) >= 11 is 4.19. The predicted octanol–water partition coefficient (Wildman–Crippen LogP) is 4.25. The van der Waals surface area contributed by atoms with Gasteiger partial charge in [0.15, 0.2) is 0 Å². The molecule has 0 aromatic heterocycles. The number of rotatable bonds is 4. The van der Waals surface area contributed by atoms with Crippen LogP contribution in [0, 0.1) is 7.14 Å². The first kappa shape index (κ1) is 16.4. The molecule has 2 aromatic carbocycles. The molecule has 0 spiro atoms. The van der Waals surface area contributed by atoms with E-state index < -0.39 is 5.97 Å². The molecule has 2 aromatic rings. The quantitative estimate of drug-likeness (QED) is 0.384. The first-order chi connectivity index (χ1) is 10.0. The standard InChI is InChI=1S/C16H12I2O3/c1-2-10-3-5-11(6-4-10)16(20)21-15-8-13(17)12(9-19)7-14(15)18/h2-8,19H,1,9H2. The molecule has 0 bridgehead atoms. The lowest BCUT2D eigenvalue weighted by molar-refractivity contribution is 0.0733. The molecule has 0 radical (unpaired) electrons. The number of benzene rings is 2. The molecule has 3 nitrogen and oxygen atoms in total. The molecule has 0 saturated carbocycles.